The molecule has 3 heterocycles. The summed E-state index contributed by atoms with van der Waals surface area (Å²) >= 11 is 0. The zero-order valence-electron chi connectivity index (χ0n) is 21.5. The summed E-state index contributed by atoms with van der Waals surface area (Å²) in [7, 11) is 1.63. The number of benzene rings is 2. The van der Waals surface area contributed by atoms with Crippen molar-refractivity contribution in [3.05, 3.63) is 83.7 Å². The van der Waals surface area contributed by atoms with Crippen LogP contribution < -0.4 is 15.0 Å². The quantitative estimate of drug-likeness (QED) is 0.250. The third-order valence-electron chi connectivity index (χ3n) is 6.97. The van der Waals surface area contributed by atoms with Gasteiger partial charge in [-0.3, -0.25) is 9.78 Å². The molecule has 40 heavy (non-hydrogen) atoms. The van der Waals surface area contributed by atoms with Crippen molar-refractivity contribution in [1.29, 1.82) is 0 Å². The molecular weight excluding hydrogens is 521 g/mol. The number of amides is 1. The minimum atomic E-state index is -4.61. The first-order valence-electron chi connectivity index (χ1n) is 12.8. The van der Waals surface area contributed by atoms with Crippen molar-refractivity contribution in [1.82, 2.24) is 24.9 Å². The highest BCUT2D eigenvalue weighted by molar-refractivity contribution is 5.88. The van der Waals surface area contributed by atoms with Gasteiger partial charge in [-0.05, 0) is 60.9 Å². The van der Waals surface area contributed by atoms with E-state index in [-0.39, 0.29) is 17.8 Å². The predicted octanol–water partition coefficient (Wildman–Crippen LogP) is 5.39. The van der Waals surface area contributed by atoms with E-state index in [2.05, 4.69) is 20.3 Å². The maximum absolute atomic E-state index is 13.9. The highest BCUT2D eigenvalue weighted by atomic mass is 19.4. The Bertz CT molecular complexity index is 1700. The van der Waals surface area contributed by atoms with Crippen LogP contribution in [0.5, 0.6) is 5.75 Å². The van der Waals surface area contributed by atoms with Crippen molar-refractivity contribution in [2.24, 2.45) is 0 Å². The second-order valence-electron chi connectivity index (χ2n) is 9.67. The van der Waals surface area contributed by atoms with Gasteiger partial charge in [0.05, 0.1) is 47.8 Å². The molecule has 0 spiro atoms. The maximum atomic E-state index is 13.9. The molecule has 1 aliphatic rings. The zero-order valence-corrected chi connectivity index (χ0v) is 21.5. The number of carbonyl (C=O) groups excluding carboxylic acids is 1. The van der Waals surface area contributed by atoms with E-state index in [1.54, 1.807) is 36.0 Å². The van der Waals surface area contributed by atoms with E-state index in [0.29, 0.717) is 35.7 Å². The molecule has 8 nitrogen and oxygen atoms in total. The normalized spacial score (nSPS) is 13.5. The molecule has 204 valence electrons. The van der Waals surface area contributed by atoms with Crippen LogP contribution in [0.4, 0.5) is 19.0 Å². The number of hydrogen-bond acceptors (Lipinski definition) is 6. The minimum Gasteiger partial charge on any atom is -0.497 e. The number of aromatic nitrogens is 4. The summed E-state index contributed by atoms with van der Waals surface area (Å²) < 4.78 is 48.8. The number of fused-ring (bicyclic) bond motifs is 3. The van der Waals surface area contributed by atoms with Gasteiger partial charge in [0.2, 0.25) is 6.41 Å². The summed E-state index contributed by atoms with van der Waals surface area (Å²) in [5.41, 5.74) is 2.54. The number of rotatable bonds is 9. The molecule has 6 rings (SSSR count). The van der Waals surface area contributed by atoms with Crippen LogP contribution in [0.3, 0.4) is 0 Å². The van der Waals surface area contributed by atoms with Crippen molar-refractivity contribution in [3.8, 4) is 17.0 Å². The van der Waals surface area contributed by atoms with Gasteiger partial charge in [0.1, 0.15) is 11.3 Å². The lowest BCUT2D eigenvalue weighted by Crippen LogP contribution is -2.26. The highest BCUT2D eigenvalue weighted by Crippen LogP contribution is 2.39. The Morgan fingerprint density at radius 3 is 2.55 bits per heavy atom. The molecule has 5 aromatic rings. The molecule has 2 aromatic carbocycles. The molecular formula is C29H25F3N6O2. The van der Waals surface area contributed by atoms with Crippen LogP contribution in [-0.2, 0) is 24.1 Å². The monoisotopic (exact) mass is 546 g/mol. The lowest BCUT2D eigenvalue weighted by atomic mass is 10.0. The number of alkyl halides is 3. The Labute approximate surface area is 227 Å². The molecule has 0 radical (unpaired) electrons. The summed E-state index contributed by atoms with van der Waals surface area (Å²) in [4.78, 5) is 22.2. The largest absolute Gasteiger partial charge is 0.497 e. The fraction of sp³-hybridized carbons (Fsp3) is 0.241. The van der Waals surface area contributed by atoms with E-state index in [1.807, 2.05) is 30.3 Å². The van der Waals surface area contributed by atoms with E-state index in [1.165, 1.54) is 6.07 Å². The Morgan fingerprint density at radius 2 is 1.85 bits per heavy atom. The van der Waals surface area contributed by atoms with Crippen molar-refractivity contribution in [2.45, 2.75) is 38.1 Å². The van der Waals surface area contributed by atoms with Gasteiger partial charge < -0.3 is 15.0 Å². The summed E-state index contributed by atoms with van der Waals surface area (Å²) in [6.07, 6.45) is -0.363. The molecule has 1 saturated carbocycles. The van der Waals surface area contributed by atoms with Crippen molar-refractivity contribution in [3.63, 3.8) is 0 Å². The average molecular weight is 547 g/mol. The fourth-order valence-corrected chi connectivity index (χ4v) is 4.87. The molecule has 3 aromatic heterocycles. The first-order valence-corrected chi connectivity index (χ1v) is 12.8. The Balaban J connectivity index is 1.45. The van der Waals surface area contributed by atoms with Gasteiger partial charge in [-0.1, -0.05) is 18.2 Å². The number of nitrogens with zero attached hydrogens (tertiary/aromatic N) is 5. The third-order valence-corrected chi connectivity index (χ3v) is 6.97. The average Bonchev–Trinajstić information content (AvgIpc) is 3.68. The van der Waals surface area contributed by atoms with E-state index in [0.717, 1.165) is 41.6 Å². The third kappa shape index (κ3) is 4.90. The predicted molar refractivity (Wildman–Crippen MR) is 144 cm³/mol. The van der Waals surface area contributed by atoms with Gasteiger partial charge in [-0.25, -0.2) is 9.50 Å². The number of methoxy groups -OCH3 is 1. The number of pyridine rings is 1. The molecule has 1 N–H and O–H groups in total. The van der Waals surface area contributed by atoms with Crippen molar-refractivity contribution >= 4 is 28.8 Å². The lowest BCUT2D eigenvalue weighted by Gasteiger charge is -2.25. The second-order valence-corrected chi connectivity index (χ2v) is 9.67. The number of carbonyl (C=O) groups is 1. The van der Waals surface area contributed by atoms with E-state index < -0.39 is 11.7 Å². The van der Waals surface area contributed by atoms with E-state index in [4.69, 9.17) is 9.72 Å². The summed E-state index contributed by atoms with van der Waals surface area (Å²) in [6, 6.07) is 17.3. The summed E-state index contributed by atoms with van der Waals surface area (Å²) in [6.45, 7) is 0.661. The fourth-order valence-electron chi connectivity index (χ4n) is 4.87. The van der Waals surface area contributed by atoms with Gasteiger partial charge in [-0.15, -0.1) is 0 Å². The first kappa shape index (κ1) is 25.6. The maximum Gasteiger partial charge on any atom is 0.418 e. The Kier molecular flexibility index (Phi) is 6.49. The van der Waals surface area contributed by atoms with Gasteiger partial charge in [0.15, 0.2) is 5.82 Å². The van der Waals surface area contributed by atoms with Crippen LogP contribution >= 0.6 is 0 Å². The van der Waals surface area contributed by atoms with E-state index >= 15 is 0 Å². The number of nitrogens with one attached hydrogen (secondary N) is 1. The minimum absolute atomic E-state index is 0.0156. The standard InChI is InChI=1S/C29H25F3N6O2/c1-40-22-8-2-18(3-9-22)16-37(21-6-7-21)28-25-12-13-34-38(25)26-14-19(4-11-24(26)36-28)27-23(29(30,31)32)10-5-20(35-27)15-33-17-39/h2-5,8-14,17,21H,6-7,15-16H2,1H3,(H,33,39). The van der Waals surface area contributed by atoms with Crippen LogP contribution in [-0.4, -0.2) is 39.1 Å². The summed E-state index contributed by atoms with van der Waals surface area (Å²) in [5.74, 6) is 1.56. The SMILES string of the molecule is COc1ccc(CN(c2nc3ccc(-c4nc(CNC=O)ccc4C(F)(F)F)cc3n3nccc23)C2CC2)cc1. The van der Waals surface area contributed by atoms with Crippen LogP contribution in [0.25, 0.3) is 27.8 Å². The first-order chi connectivity index (χ1) is 19.4. The summed E-state index contributed by atoms with van der Waals surface area (Å²) in [5, 5.41) is 6.95. The molecule has 0 saturated heterocycles. The zero-order chi connectivity index (χ0) is 27.9. The van der Waals surface area contributed by atoms with E-state index in [9.17, 15) is 18.0 Å². The Hall–Kier alpha value is -4.67. The topological polar surface area (TPSA) is 84.6 Å². The number of hydrogen-bond donors (Lipinski definition) is 1. The van der Waals surface area contributed by atoms with Crippen molar-refractivity contribution < 1.29 is 22.7 Å². The molecule has 0 bridgehead atoms. The molecule has 0 unspecified atom stereocenters. The number of anilines is 1. The highest BCUT2D eigenvalue weighted by Gasteiger charge is 2.35. The molecule has 1 fully saturated rings. The molecule has 0 aliphatic heterocycles. The number of ether oxygens (including phenoxy) is 1. The molecule has 11 heteroatoms. The molecule has 0 atom stereocenters. The molecule has 1 aliphatic carbocycles. The van der Waals surface area contributed by atoms with Crippen LogP contribution in [0.15, 0.2) is 66.9 Å². The molecule has 1 amide bonds. The lowest BCUT2D eigenvalue weighted by molar-refractivity contribution is -0.137. The van der Waals surface area contributed by atoms with Crippen LogP contribution in [0.2, 0.25) is 0 Å². The van der Waals surface area contributed by atoms with Gasteiger partial charge >= 0.3 is 6.18 Å². The smallest absolute Gasteiger partial charge is 0.418 e. The van der Waals surface area contributed by atoms with Crippen molar-refractivity contribution in [2.75, 3.05) is 12.0 Å². The van der Waals surface area contributed by atoms with Gasteiger partial charge in [0, 0.05) is 18.2 Å². The number of halogens is 3. The second kappa shape index (κ2) is 10.1. The van der Waals surface area contributed by atoms with Gasteiger partial charge in [-0.2, -0.15) is 18.3 Å². The van der Waals surface area contributed by atoms with Crippen LogP contribution in [0, 0.1) is 0 Å². The Morgan fingerprint density at radius 1 is 1.05 bits per heavy atom. The van der Waals surface area contributed by atoms with Gasteiger partial charge in [0.25, 0.3) is 0 Å². The van der Waals surface area contributed by atoms with Crippen LogP contribution in [0.1, 0.15) is 29.7 Å².